The Labute approximate surface area is 164 Å². The van der Waals surface area contributed by atoms with Gasteiger partial charge in [0, 0.05) is 17.4 Å². The Morgan fingerprint density at radius 2 is 1.96 bits per heavy atom. The summed E-state index contributed by atoms with van der Waals surface area (Å²) >= 11 is 1.69. The number of amides is 1. The summed E-state index contributed by atoms with van der Waals surface area (Å²) in [6.07, 6.45) is 3.01. The zero-order chi connectivity index (χ0) is 19.6. The number of nitrogens with zero attached hydrogens (tertiary/aromatic N) is 1. The quantitative estimate of drug-likeness (QED) is 0.515. The van der Waals surface area contributed by atoms with Gasteiger partial charge in [-0.2, -0.15) is 5.26 Å². The lowest BCUT2D eigenvalue weighted by molar-refractivity contribution is -0.121. The summed E-state index contributed by atoms with van der Waals surface area (Å²) in [4.78, 5) is 13.3. The number of carbonyl (C=O) groups is 1. The minimum Gasteiger partial charge on any atom is -0.493 e. The Morgan fingerprint density at radius 1 is 1.22 bits per heavy atom. The lowest BCUT2D eigenvalue weighted by Gasteiger charge is -2.15. The first-order chi connectivity index (χ1) is 13.1. The first-order valence-corrected chi connectivity index (χ1v) is 9.94. The molecule has 0 fully saturated rings. The molecule has 0 heterocycles. The molecular weight excluding hydrogens is 360 g/mol. The molecule has 0 saturated carbocycles. The maximum Gasteiger partial charge on any atom is 0.220 e. The van der Waals surface area contributed by atoms with Crippen molar-refractivity contribution in [3.63, 3.8) is 0 Å². The number of nitrogens with one attached hydrogen (secondary N) is 1. The van der Waals surface area contributed by atoms with Gasteiger partial charge in [-0.15, -0.1) is 11.8 Å². The second kappa shape index (κ2) is 10.5. The van der Waals surface area contributed by atoms with Crippen LogP contribution in [-0.2, 0) is 4.79 Å². The van der Waals surface area contributed by atoms with Gasteiger partial charge in [0.25, 0.3) is 0 Å². The van der Waals surface area contributed by atoms with Crippen molar-refractivity contribution in [2.45, 2.75) is 30.7 Å². The van der Waals surface area contributed by atoms with Gasteiger partial charge in [0.2, 0.25) is 5.91 Å². The molecular formula is C21H24N2O3S. The highest BCUT2D eigenvalue weighted by Crippen LogP contribution is 2.28. The molecule has 1 amide bonds. The van der Waals surface area contributed by atoms with Crippen molar-refractivity contribution < 1.29 is 14.3 Å². The van der Waals surface area contributed by atoms with Crippen molar-refractivity contribution in [3.8, 4) is 17.6 Å². The second-order valence-corrected chi connectivity index (χ2v) is 6.87. The monoisotopic (exact) mass is 384 g/mol. The highest BCUT2D eigenvalue weighted by Gasteiger charge is 2.10. The first kappa shape index (κ1) is 20.7. The number of hydrogen-bond donors (Lipinski definition) is 1. The van der Waals surface area contributed by atoms with Gasteiger partial charge >= 0.3 is 0 Å². The minimum absolute atomic E-state index is 0.00756. The van der Waals surface area contributed by atoms with E-state index in [9.17, 15) is 4.79 Å². The maximum absolute atomic E-state index is 12.1. The van der Waals surface area contributed by atoms with Crippen molar-refractivity contribution >= 4 is 17.7 Å². The van der Waals surface area contributed by atoms with Gasteiger partial charge in [0.05, 0.1) is 31.4 Å². The van der Waals surface area contributed by atoms with Gasteiger partial charge in [0.15, 0.2) is 11.5 Å². The van der Waals surface area contributed by atoms with Gasteiger partial charge in [-0.3, -0.25) is 4.79 Å². The Bertz CT molecular complexity index is 800. The molecule has 27 heavy (non-hydrogen) atoms. The number of thioether (sulfide) groups is 1. The highest BCUT2D eigenvalue weighted by molar-refractivity contribution is 7.98. The minimum atomic E-state index is -0.0343. The number of nitriles is 1. The van der Waals surface area contributed by atoms with E-state index in [0.29, 0.717) is 36.5 Å². The molecule has 0 aromatic heterocycles. The number of rotatable bonds is 9. The van der Waals surface area contributed by atoms with Gasteiger partial charge in [0.1, 0.15) is 0 Å². The number of benzene rings is 2. The summed E-state index contributed by atoms with van der Waals surface area (Å²) in [7, 11) is 1.53. The third kappa shape index (κ3) is 6.22. The molecule has 0 bridgehead atoms. The van der Waals surface area contributed by atoms with Crippen LogP contribution in [0.4, 0.5) is 0 Å². The summed E-state index contributed by atoms with van der Waals surface area (Å²) in [6, 6.07) is 15.2. The molecule has 0 aliphatic heterocycles. The topological polar surface area (TPSA) is 71.3 Å². The fourth-order valence-electron chi connectivity index (χ4n) is 2.56. The fourth-order valence-corrected chi connectivity index (χ4v) is 2.97. The van der Waals surface area contributed by atoms with Crippen LogP contribution in [0, 0.1) is 11.3 Å². The molecule has 1 unspecified atom stereocenters. The molecule has 0 saturated heterocycles. The van der Waals surface area contributed by atoms with Crippen LogP contribution in [-0.4, -0.2) is 25.9 Å². The Hall–Kier alpha value is -2.65. The van der Waals surface area contributed by atoms with Crippen LogP contribution in [0.25, 0.3) is 0 Å². The first-order valence-electron chi connectivity index (χ1n) is 8.71. The molecule has 142 valence electrons. The van der Waals surface area contributed by atoms with Gasteiger partial charge < -0.3 is 14.8 Å². The molecule has 2 aromatic rings. The summed E-state index contributed by atoms with van der Waals surface area (Å²) in [5.41, 5.74) is 1.60. The molecule has 2 aromatic carbocycles. The normalized spacial score (nSPS) is 11.3. The van der Waals surface area contributed by atoms with E-state index in [1.54, 1.807) is 30.0 Å². The number of hydrogen-bond acceptors (Lipinski definition) is 5. The number of ether oxygens (including phenoxy) is 2. The lowest BCUT2D eigenvalue weighted by Crippen LogP contribution is -2.26. The average molecular weight is 385 g/mol. The molecule has 0 aliphatic carbocycles. The fraction of sp³-hybridized carbons (Fsp3) is 0.333. The molecule has 0 aliphatic rings. The van der Waals surface area contributed by atoms with Crippen LogP contribution in [0.5, 0.6) is 11.5 Å². The molecule has 2 rings (SSSR count). The van der Waals surface area contributed by atoms with Crippen molar-refractivity contribution in [3.05, 3.63) is 53.6 Å². The van der Waals surface area contributed by atoms with Crippen LogP contribution >= 0.6 is 11.8 Å². The van der Waals surface area contributed by atoms with Crippen LogP contribution in [0.2, 0.25) is 0 Å². The van der Waals surface area contributed by atoms with Gasteiger partial charge in [-0.05, 0) is 49.4 Å². The van der Waals surface area contributed by atoms with Crippen molar-refractivity contribution in [2.75, 3.05) is 20.0 Å². The van der Waals surface area contributed by atoms with Crippen LogP contribution < -0.4 is 14.8 Å². The Kier molecular flexibility index (Phi) is 8.02. The van der Waals surface area contributed by atoms with Crippen LogP contribution in [0.15, 0.2) is 47.4 Å². The molecule has 5 nitrogen and oxygen atoms in total. The summed E-state index contributed by atoms with van der Waals surface area (Å²) in [6.45, 7) is 2.37. The van der Waals surface area contributed by atoms with E-state index in [2.05, 4.69) is 23.5 Å². The Morgan fingerprint density at radius 3 is 2.59 bits per heavy atom. The zero-order valence-corrected chi connectivity index (χ0v) is 16.6. The molecule has 6 heteroatoms. The van der Waals surface area contributed by atoms with E-state index in [4.69, 9.17) is 14.7 Å². The molecule has 1 atom stereocenters. The highest BCUT2D eigenvalue weighted by atomic mass is 32.2. The van der Waals surface area contributed by atoms with Crippen LogP contribution in [0.1, 0.15) is 36.9 Å². The van der Waals surface area contributed by atoms with Crippen molar-refractivity contribution in [2.24, 2.45) is 0 Å². The van der Waals surface area contributed by atoms with Crippen molar-refractivity contribution in [1.29, 1.82) is 5.26 Å². The standard InChI is InChI=1S/C21H24N2O3S/c1-15(17-7-9-18(27-3)10-8-17)23-21(24)5-4-12-26-19-11-6-16(14-22)13-20(19)25-2/h6-11,13,15H,4-5,12H2,1-3H3,(H,23,24). The predicted octanol–water partition coefficient (Wildman–Crippen LogP) is 4.33. The smallest absolute Gasteiger partial charge is 0.220 e. The zero-order valence-electron chi connectivity index (χ0n) is 15.8. The van der Waals surface area contributed by atoms with E-state index >= 15 is 0 Å². The third-order valence-corrected chi connectivity index (χ3v) is 4.84. The summed E-state index contributed by atoms with van der Waals surface area (Å²) in [5, 5.41) is 11.9. The van der Waals surface area contributed by atoms with E-state index in [0.717, 1.165) is 5.56 Å². The van der Waals surface area contributed by atoms with Crippen molar-refractivity contribution in [1.82, 2.24) is 5.32 Å². The summed E-state index contributed by atoms with van der Waals surface area (Å²) < 4.78 is 10.9. The van der Waals surface area contributed by atoms with E-state index in [1.807, 2.05) is 25.3 Å². The van der Waals surface area contributed by atoms with E-state index < -0.39 is 0 Å². The second-order valence-electron chi connectivity index (χ2n) is 5.99. The average Bonchev–Trinajstić information content (AvgIpc) is 2.71. The molecule has 0 spiro atoms. The van der Waals surface area contributed by atoms with E-state index in [1.165, 1.54) is 12.0 Å². The lowest BCUT2D eigenvalue weighted by atomic mass is 10.1. The summed E-state index contributed by atoms with van der Waals surface area (Å²) in [5.74, 6) is 1.08. The largest absolute Gasteiger partial charge is 0.493 e. The van der Waals surface area contributed by atoms with Gasteiger partial charge in [-0.25, -0.2) is 0 Å². The maximum atomic E-state index is 12.1. The number of methoxy groups -OCH3 is 1. The Balaban J connectivity index is 1.76. The van der Waals surface area contributed by atoms with E-state index in [-0.39, 0.29) is 11.9 Å². The molecule has 1 N–H and O–H groups in total. The van der Waals surface area contributed by atoms with Crippen LogP contribution in [0.3, 0.4) is 0 Å². The van der Waals surface area contributed by atoms with Gasteiger partial charge in [-0.1, -0.05) is 12.1 Å². The third-order valence-electron chi connectivity index (χ3n) is 4.09. The number of carbonyl (C=O) groups excluding carboxylic acids is 1. The predicted molar refractivity (Wildman–Crippen MR) is 107 cm³/mol. The molecule has 0 radical (unpaired) electrons. The SMILES string of the molecule is COc1cc(C#N)ccc1OCCCC(=O)NC(C)c1ccc(SC)cc1.